The molecular weight excluding hydrogens is 264 g/mol. The highest BCUT2D eigenvalue weighted by atomic mass is 16.4. The number of aryl methyl sites for hydroxylation is 1. The Labute approximate surface area is 121 Å². The van der Waals surface area contributed by atoms with Crippen LogP contribution < -0.4 is 5.63 Å². The van der Waals surface area contributed by atoms with Gasteiger partial charge in [0, 0.05) is 11.5 Å². The van der Waals surface area contributed by atoms with E-state index in [1.54, 1.807) is 12.1 Å². The Hall–Kier alpha value is -2.88. The molecule has 2 heterocycles. The van der Waals surface area contributed by atoms with Crippen LogP contribution in [0.1, 0.15) is 5.82 Å². The summed E-state index contributed by atoms with van der Waals surface area (Å²) in [5.74, 6) is 0.973. The quantitative estimate of drug-likeness (QED) is 0.499. The van der Waals surface area contributed by atoms with Gasteiger partial charge in [0.15, 0.2) is 0 Å². The lowest BCUT2D eigenvalue weighted by molar-refractivity contribution is 0.561. The summed E-state index contributed by atoms with van der Waals surface area (Å²) in [6.45, 7) is 1.96. The molecule has 4 heteroatoms. The summed E-state index contributed by atoms with van der Waals surface area (Å²) in [7, 11) is 0. The molecule has 0 aliphatic rings. The van der Waals surface area contributed by atoms with Crippen LogP contribution >= 0.6 is 0 Å². The molecule has 0 amide bonds. The number of rotatable bonds is 0. The number of nitrogens with zero attached hydrogens (tertiary/aromatic N) is 1. The van der Waals surface area contributed by atoms with Crippen LogP contribution in [-0.4, -0.2) is 9.97 Å². The molecular formula is C17H14N2O2. The van der Waals surface area contributed by atoms with E-state index in [0.717, 1.165) is 22.2 Å². The SMILES string of the molecule is Cc1nc2ccccc2[nH]1.O=c1ccc2ccccc2o1. The second kappa shape index (κ2) is 5.63. The van der Waals surface area contributed by atoms with Crippen molar-refractivity contribution in [1.82, 2.24) is 9.97 Å². The van der Waals surface area contributed by atoms with Crippen molar-refractivity contribution in [3.8, 4) is 0 Å². The van der Waals surface area contributed by atoms with E-state index in [-0.39, 0.29) is 5.63 Å². The maximum atomic E-state index is 10.7. The van der Waals surface area contributed by atoms with Gasteiger partial charge in [-0.3, -0.25) is 0 Å². The van der Waals surface area contributed by atoms with Crippen LogP contribution in [-0.2, 0) is 0 Å². The highest BCUT2D eigenvalue weighted by molar-refractivity contribution is 5.75. The summed E-state index contributed by atoms with van der Waals surface area (Å²) in [4.78, 5) is 18.1. The standard InChI is InChI=1S/C9H6O2.C8H8N2/c10-9-6-5-7-3-1-2-4-8(7)11-9;1-6-9-7-4-2-3-5-8(7)10-6/h1-6H;2-5H,1H3,(H,9,10). The second-order valence-corrected chi connectivity index (χ2v) is 4.63. The molecule has 0 saturated carbocycles. The number of para-hydroxylation sites is 3. The molecule has 21 heavy (non-hydrogen) atoms. The fourth-order valence-electron chi connectivity index (χ4n) is 2.09. The van der Waals surface area contributed by atoms with Crippen LogP contribution in [0.15, 0.2) is 69.9 Å². The number of fused-ring (bicyclic) bond motifs is 2. The zero-order chi connectivity index (χ0) is 14.7. The molecule has 0 fully saturated rings. The number of hydrogen-bond donors (Lipinski definition) is 1. The van der Waals surface area contributed by atoms with E-state index < -0.39 is 0 Å². The average Bonchev–Trinajstić information content (AvgIpc) is 2.88. The Morgan fingerprint density at radius 2 is 1.71 bits per heavy atom. The number of imidazole rings is 1. The third-order valence-corrected chi connectivity index (χ3v) is 3.04. The normalized spacial score (nSPS) is 10.3. The summed E-state index contributed by atoms with van der Waals surface area (Å²) in [6.07, 6.45) is 0. The van der Waals surface area contributed by atoms with Gasteiger partial charge in [-0.05, 0) is 31.2 Å². The first-order valence-electron chi connectivity index (χ1n) is 6.62. The molecule has 0 aliphatic carbocycles. The summed E-state index contributed by atoms with van der Waals surface area (Å²) in [5.41, 5.74) is 2.49. The highest BCUT2D eigenvalue weighted by Crippen LogP contribution is 2.09. The predicted molar refractivity (Wildman–Crippen MR) is 83.3 cm³/mol. The van der Waals surface area contributed by atoms with Crippen LogP contribution in [0.3, 0.4) is 0 Å². The number of H-pyrrole nitrogens is 1. The first kappa shape index (κ1) is 13.1. The van der Waals surface area contributed by atoms with E-state index in [1.807, 2.05) is 49.4 Å². The molecule has 0 bridgehead atoms. The van der Waals surface area contributed by atoms with E-state index in [1.165, 1.54) is 6.07 Å². The van der Waals surface area contributed by atoms with E-state index in [2.05, 4.69) is 9.97 Å². The average molecular weight is 278 g/mol. The molecule has 0 spiro atoms. The highest BCUT2D eigenvalue weighted by Gasteiger charge is 1.94. The van der Waals surface area contributed by atoms with Gasteiger partial charge in [0.25, 0.3) is 0 Å². The number of benzene rings is 2. The van der Waals surface area contributed by atoms with E-state index in [4.69, 9.17) is 4.42 Å². The number of aromatic nitrogens is 2. The predicted octanol–water partition coefficient (Wildman–Crippen LogP) is 3.66. The minimum Gasteiger partial charge on any atom is -0.423 e. The van der Waals surface area contributed by atoms with Crippen molar-refractivity contribution in [1.29, 1.82) is 0 Å². The molecule has 104 valence electrons. The van der Waals surface area contributed by atoms with Gasteiger partial charge in [0.2, 0.25) is 0 Å². The van der Waals surface area contributed by atoms with Crippen LogP contribution in [0.25, 0.3) is 22.0 Å². The summed E-state index contributed by atoms with van der Waals surface area (Å²) < 4.78 is 4.91. The van der Waals surface area contributed by atoms with Gasteiger partial charge in [-0.2, -0.15) is 0 Å². The molecule has 0 radical (unpaired) electrons. The Morgan fingerprint density at radius 3 is 2.57 bits per heavy atom. The van der Waals surface area contributed by atoms with E-state index >= 15 is 0 Å². The lowest BCUT2D eigenvalue weighted by Gasteiger charge is -1.91. The monoisotopic (exact) mass is 278 g/mol. The number of hydrogen-bond acceptors (Lipinski definition) is 3. The van der Waals surface area contributed by atoms with Crippen LogP contribution in [0.5, 0.6) is 0 Å². The Bertz CT molecular complexity index is 905. The Balaban J connectivity index is 0.000000126. The molecule has 0 saturated heterocycles. The molecule has 2 aromatic heterocycles. The van der Waals surface area contributed by atoms with Gasteiger partial charge >= 0.3 is 5.63 Å². The first-order valence-corrected chi connectivity index (χ1v) is 6.62. The Kier molecular flexibility index (Phi) is 3.51. The number of nitrogens with one attached hydrogen (secondary N) is 1. The smallest absolute Gasteiger partial charge is 0.336 e. The van der Waals surface area contributed by atoms with Crippen molar-refractivity contribution in [2.45, 2.75) is 6.92 Å². The van der Waals surface area contributed by atoms with Gasteiger partial charge in [0.05, 0.1) is 11.0 Å². The van der Waals surface area contributed by atoms with Gasteiger partial charge in [0.1, 0.15) is 11.4 Å². The second-order valence-electron chi connectivity index (χ2n) is 4.63. The van der Waals surface area contributed by atoms with Crippen molar-refractivity contribution in [2.24, 2.45) is 0 Å². The largest absolute Gasteiger partial charge is 0.423 e. The third-order valence-electron chi connectivity index (χ3n) is 3.04. The summed E-state index contributed by atoms with van der Waals surface area (Å²) in [5, 5.41) is 0.951. The first-order chi connectivity index (χ1) is 10.2. The maximum Gasteiger partial charge on any atom is 0.336 e. The minimum absolute atomic E-state index is 0.302. The number of aromatic amines is 1. The van der Waals surface area contributed by atoms with E-state index in [0.29, 0.717) is 5.58 Å². The van der Waals surface area contributed by atoms with Crippen molar-refractivity contribution < 1.29 is 4.42 Å². The summed E-state index contributed by atoms with van der Waals surface area (Å²) >= 11 is 0. The van der Waals surface area contributed by atoms with Gasteiger partial charge < -0.3 is 9.40 Å². The molecule has 0 aliphatic heterocycles. The summed E-state index contributed by atoms with van der Waals surface area (Å²) in [6, 6.07) is 18.6. The van der Waals surface area contributed by atoms with Crippen LogP contribution in [0.2, 0.25) is 0 Å². The maximum absolute atomic E-state index is 10.7. The van der Waals surface area contributed by atoms with Crippen molar-refractivity contribution in [3.05, 3.63) is 76.9 Å². The topological polar surface area (TPSA) is 58.9 Å². The van der Waals surface area contributed by atoms with Crippen LogP contribution in [0, 0.1) is 6.92 Å². The van der Waals surface area contributed by atoms with Crippen molar-refractivity contribution in [2.75, 3.05) is 0 Å². The van der Waals surface area contributed by atoms with E-state index in [9.17, 15) is 4.79 Å². The van der Waals surface area contributed by atoms with Gasteiger partial charge in [-0.25, -0.2) is 9.78 Å². The van der Waals surface area contributed by atoms with Gasteiger partial charge in [-0.15, -0.1) is 0 Å². The molecule has 4 aromatic rings. The molecule has 0 atom stereocenters. The van der Waals surface area contributed by atoms with Crippen molar-refractivity contribution in [3.63, 3.8) is 0 Å². The molecule has 2 aromatic carbocycles. The molecule has 0 unspecified atom stereocenters. The van der Waals surface area contributed by atoms with Crippen molar-refractivity contribution >= 4 is 22.0 Å². The minimum atomic E-state index is -0.302. The van der Waals surface area contributed by atoms with Crippen LogP contribution in [0.4, 0.5) is 0 Å². The lowest BCUT2D eigenvalue weighted by atomic mass is 10.2. The lowest BCUT2D eigenvalue weighted by Crippen LogP contribution is -1.93. The zero-order valence-corrected chi connectivity index (χ0v) is 11.5. The fraction of sp³-hybridized carbons (Fsp3) is 0.0588. The zero-order valence-electron chi connectivity index (χ0n) is 11.5. The molecule has 1 N–H and O–H groups in total. The van der Waals surface area contributed by atoms with Gasteiger partial charge in [-0.1, -0.05) is 30.3 Å². The molecule has 4 nitrogen and oxygen atoms in total. The molecule has 4 rings (SSSR count). The fourth-order valence-corrected chi connectivity index (χ4v) is 2.09. The Morgan fingerprint density at radius 1 is 0.952 bits per heavy atom. The third kappa shape index (κ3) is 3.00.